The summed E-state index contributed by atoms with van der Waals surface area (Å²) in [4.78, 5) is 12.6. The summed E-state index contributed by atoms with van der Waals surface area (Å²) in [7, 11) is 1.61. The number of aryl methyl sites for hydroxylation is 3. The predicted molar refractivity (Wildman–Crippen MR) is 87.3 cm³/mol. The van der Waals surface area contributed by atoms with Gasteiger partial charge in [0.15, 0.2) is 0 Å². The van der Waals surface area contributed by atoms with Gasteiger partial charge in [-0.2, -0.15) is 5.10 Å². The zero-order valence-corrected chi connectivity index (χ0v) is 13.6. The van der Waals surface area contributed by atoms with Gasteiger partial charge < -0.3 is 10.5 Å². The lowest BCUT2D eigenvalue weighted by Gasteiger charge is -2.17. The van der Waals surface area contributed by atoms with E-state index >= 15 is 0 Å². The highest BCUT2D eigenvalue weighted by atomic mass is 16.5. The molecule has 0 spiro atoms. The molecule has 22 heavy (non-hydrogen) atoms. The maximum atomic E-state index is 12.6. The Morgan fingerprint density at radius 1 is 1.27 bits per heavy atom. The third kappa shape index (κ3) is 3.20. The van der Waals surface area contributed by atoms with E-state index in [9.17, 15) is 4.79 Å². The van der Waals surface area contributed by atoms with Crippen molar-refractivity contribution in [3.05, 3.63) is 57.0 Å². The monoisotopic (exact) mass is 301 g/mol. The molecule has 5 heteroatoms. The van der Waals surface area contributed by atoms with Crippen LogP contribution in [0.25, 0.3) is 0 Å². The molecular formula is C17H23N3O2. The van der Waals surface area contributed by atoms with Gasteiger partial charge in [-0.15, -0.1) is 0 Å². The van der Waals surface area contributed by atoms with Crippen LogP contribution in [0.3, 0.4) is 0 Å². The van der Waals surface area contributed by atoms with Crippen molar-refractivity contribution in [1.29, 1.82) is 0 Å². The van der Waals surface area contributed by atoms with Crippen molar-refractivity contribution in [3.63, 3.8) is 0 Å². The van der Waals surface area contributed by atoms with Gasteiger partial charge in [-0.1, -0.05) is 24.6 Å². The number of nitrogens with two attached hydrogens (primary N) is 1. The van der Waals surface area contributed by atoms with Crippen molar-refractivity contribution in [2.75, 3.05) is 7.11 Å². The molecule has 1 unspecified atom stereocenters. The molecule has 118 valence electrons. The third-order valence-electron chi connectivity index (χ3n) is 3.61. The van der Waals surface area contributed by atoms with E-state index < -0.39 is 6.04 Å². The number of aromatic nitrogens is 2. The maximum Gasteiger partial charge on any atom is 0.271 e. The van der Waals surface area contributed by atoms with Gasteiger partial charge in [-0.25, -0.2) is 4.68 Å². The Labute approximate surface area is 130 Å². The molecule has 1 aromatic heterocycles. The summed E-state index contributed by atoms with van der Waals surface area (Å²) in [6.45, 7) is 6.46. The minimum absolute atomic E-state index is 0.136. The number of methoxy groups -OCH3 is 1. The standard InChI is InChI=1S/C17H23N3O2/c1-5-8-20-17(21)14(10-12(3)19-20)16(18)13-9-11(2)6-7-15(13)22-4/h6-7,9-10,16H,5,8,18H2,1-4H3. The molecular weight excluding hydrogens is 278 g/mol. The van der Waals surface area contributed by atoms with Gasteiger partial charge in [0.05, 0.1) is 18.8 Å². The van der Waals surface area contributed by atoms with E-state index in [1.807, 2.05) is 39.0 Å². The molecule has 1 atom stereocenters. The predicted octanol–water partition coefficient (Wildman–Crippen LogP) is 2.33. The molecule has 0 fully saturated rings. The molecule has 5 nitrogen and oxygen atoms in total. The lowest BCUT2D eigenvalue weighted by atomic mass is 9.98. The normalized spacial score (nSPS) is 12.2. The number of nitrogens with zero attached hydrogens (tertiary/aromatic N) is 2. The second-order valence-electron chi connectivity index (χ2n) is 5.49. The van der Waals surface area contributed by atoms with Gasteiger partial charge in [-0.3, -0.25) is 4.79 Å². The fraction of sp³-hybridized carbons (Fsp3) is 0.412. The van der Waals surface area contributed by atoms with E-state index in [1.165, 1.54) is 4.68 Å². The van der Waals surface area contributed by atoms with Crippen molar-refractivity contribution in [1.82, 2.24) is 9.78 Å². The molecule has 0 amide bonds. The molecule has 0 saturated heterocycles. The Hall–Kier alpha value is -2.14. The number of ether oxygens (including phenoxy) is 1. The average molecular weight is 301 g/mol. The SMILES string of the molecule is CCCn1nc(C)cc(C(N)c2cc(C)ccc2OC)c1=O. The fourth-order valence-electron chi connectivity index (χ4n) is 2.55. The van der Waals surface area contributed by atoms with Gasteiger partial charge in [0.1, 0.15) is 5.75 Å². The Morgan fingerprint density at radius 3 is 2.64 bits per heavy atom. The number of hydrogen-bond donors (Lipinski definition) is 1. The van der Waals surface area contributed by atoms with Gasteiger partial charge in [0.2, 0.25) is 0 Å². The lowest BCUT2D eigenvalue weighted by molar-refractivity contribution is 0.407. The third-order valence-corrected chi connectivity index (χ3v) is 3.61. The summed E-state index contributed by atoms with van der Waals surface area (Å²) in [6, 6.07) is 7.03. The Bertz CT molecular complexity index is 722. The van der Waals surface area contributed by atoms with Crippen molar-refractivity contribution >= 4 is 0 Å². The summed E-state index contributed by atoms with van der Waals surface area (Å²) in [5, 5.41) is 4.28. The van der Waals surface area contributed by atoms with Gasteiger partial charge in [0.25, 0.3) is 5.56 Å². The molecule has 2 N–H and O–H groups in total. The molecule has 0 bridgehead atoms. The van der Waals surface area contributed by atoms with Crippen LogP contribution in [0.5, 0.6) is 5.75 Å². The van der Waals surface area contributed by atoms with Crippen LogP contribution in [0.15, 0.2) is 29.1 Å². The Balaban J connectivity index is 2.56. The van der Waals surface area contributed by atoms with Crippen molar-refractivity contribution in [2.45, 2.75) is 39.8 Å². The van der Waals surface area contributed by atoms with E-state index in [0.29, 0.717) is 17.9 Å². The van der Waals surface area contributed by atoms with E-state index in [0.717, 1.165) is 23.2 Å². The fourth-order valence-corrected chi connectivity index (χ4v) is 2.55. The van der Waals surface area contributed by atoms with Crippen LogP contribution >= 0.6 is 0 Å². The first-order valence-corrected chi connectivity index (χ1v) is 7.46. The van der Waals surface area contributed by atoms with Crippen LogP contribution in [0.2, 0.25) is 0 Å². The molecule has 2 rings (SSSR count). The topological polar surface area (TPSA) is 70.1 Å². The van der Waals surface area contributed by atoms with Crippen LogP contribution in [-0.2, 0) is 6.54 Å². The minimum Gasteiger partial charge on any atom is -0.496 e. The lowest BCUT2D eigenvalue weighted by Crippen LogP contribution is -2.31. The van der Waals surface area contributed by atoms with Crippen molar-refractivity contribution in [2.24, 2.45) is 5.73 Å². The Morgan fingerprint density at radius 2 is 2.00 bits per heavy atom. The molecule has 0 saturated carbocycles. The molecule has 0 aliphatic heterocycles. The number of rotatable bonds is 5. The summed E-state index contributed by atoms with van der Waals surface area (Å²) in [6.07, 6.45) is 0.846. The molecule has 0 aliphatic carbocycles. The zero-order chi connectivity index (χ0) is 16.3. The summed E-state index contributed by atoms with van der Waals surface area (Å²) < 4.78 is 6.88. The second-order valence-corrected chi connectivity index (χ2v) is 5.49. The largest absolute Gasteiger partial charge is 0.496 e. The van der Waals surface area contributed by atoms with E-state index in [-0.39, 0.29) is 5.56 Å². The number of benzene rings is 1. The van der Waals surface area contributed by atoms with Gasteiger partial charge >= 0.3 is 0 Å². The average Bonchev–Trinajstić information content (AvgIpc) is 2.50. The molecule has 2 aromatic rings. The van der Waals surface area contributed by atoms with Gasteiger partial charge in [-0.05, 0) is 32.4 Å². The zero-order valence-electron chi connectivity index (χ0n) is 13.6. The highest BCUT2D eigenvalue weighted by Crippen LogP contribution is 2.28. The number of hydrogen-bond acceptors (Lipinski definition) is 4. The molecule has 0 radical (unpaired) electrons. The van der Waals surface area contributed by atoms with Crippen molar-refractivity contribution < 1.29 is 4.74 Å². The van der Waals surface area contributed by atoms with E-state index in [2.05, 4.69) is 5.10 Å². The van der Waals surface area contributed by atoms with E-state index in [4.69, 9.17) is 10.5 Å². The summed E-state index contributed by atoms with van der Waals surface area (Å²) in [5.41, 5.74) is 9.46. The van der Waals surface area contributed by atoms with E-state index in [1.54, 1.807) is 13.2 Å². The van der Waals surface area contributed by atoms with Crippen LogP contribution in [0.4, 0.5) is 0 Å². The second kappa shape index (κ2) is 6.75. The molecule has 0 aliphatic rings. The maximum absolute atomic E-state index is 12.6. The molecule has 1 heterocycles. The van der Waals surface area contributed by atoms with Crippen LogP contribution in [0, 0.1) is 13.8 Å². The first-order valence-electron chi connectivity index (χ1n) is 7.46. The van der Waals surface area contributed by atoms with Crippen molar-refractivity contribution in [3.8, 4) is 5.75 Å². The smallest absolute Gasteiger partial charge is 0.271 e. The highest BCUT2D eigenvalue weighted by Gasteiger charge is 2.19. The van der Waals surface area contributed by atoms with Crippen LogP contribution < -0.4 is 16.0 Å². The molecule has 1 aromatic carbocycles. The summed E-state index contributed by atoms with van der Waals surface area (Å²) in [5.74, 6) is 0.689. The van der Waals surface area contributed by atoms with Crippen LogP contribution in [0.1, 0.15) is 41.8 Å². The minimum atomic E-state index is -0.535. The summed E-state index contributed by atoms with van der Waals surface area (Å²) >= 11 is 0. The quantitative estimate of drug-likeness (QED) is 0.920. The highest BCUT2D eigenvalue weighted by molar-refractivity contribution is 5.43. The Kier molecular flexibility index (Phi) is 4.98. The first-order chi connectivity index (χ1) is 10.5. The van der Waals surface area contributed by atoms with Gasteiger partial charge in [0, 0.05) is 17.7 Å². The van der Waals surface area contributed by atoms with Crippen LogP contribution in [-0.4, -0.2) is 16.9 Å². The first kappa shape index (κ1) is 16.2.